The number of carbonyl (C=O) groups is 1. The van der Waals surface area contributed by atoms with Crippen molar-refractivity contribution in [2.45, 2.75) is 37.8 Å². The van der Waals surface area contributed by atoms with E-state index < -0.39 is 12.1 Å². The van der Waals surface area contributed by atoms with E-state index >= 15 is 0 Å². The van der Waals surface area contributed by atoms with Gasteiger partial charge in [-0.1, -0.05) is 65.8 Å². The van der Waals surface area contributed by atoms with E-state index in [1.165, 1.54) is 0 Å². The number of rotatable bonds is 5. The molecule has 0 bridgehead atoms. The largest absolute Gasteiger partial charge is 0.386 e. The molecule has 5 heteroatoms. The standard InChI is InChI=1S/C22H22N2O3/c25-21(16-11-5-2-6-12-16)19(15-9-3-1-4-10-15)23-22(26)20-17-13-7-8-14-18(17)27-24-20/h1-6,9-12,19,21,25H,7-8,13-14H2,(H,23,26)/t19-,21+/m0/s1. The van der Waals surface area contributed by atoms with Crippen molar-refractivity contribution in [3.8, 4) is 0 Å². The Morgan fingerprint density at radius 2 is 1.59 bits per heavy atom. The number of hydrogen-bond donors (Lipinski definition) is 2. The van der Waals surface area contributed by atoms with Crippen LogP contribution in [0.15, 0.2) is 65.2 Å². The summed E-state index contributed by atoms with van der Waals surface area (Å²) < 4.78 is 5.37. The van der Waals surface area contributed by atoms with Gasteiger partial charge in [-0.15, -0.1) is 0 Å². The zero-order chi connectivity index (χ0) is 18.6. The lowest BCUT2D eigenvalue weighted by Crippen LogP contribution is -2.33. The maximum absolute atomic E-state index is 13.0. The minimum atomic E-state index is -0.875. The Hall–Kier alpha value is -2.92. The van der Waals surface area contributed by atoms with Gasteiger partial charge in [-0.2, -0.15) is 0 Å². The number of benzene rings is 2. The lowest BCUT2D eigenvalue weighted by molar-refractivity contribution is 0.0822. The van der Waals surface area contributed by atoms with Crippen LogP contribution in [0.5, 0.6) is 0 Å². The van der Waals surface area contributed by atoms with Gasteiger partial charge in [-0.3, -0.25) is 4.79 Å². The Bertz CT molecular complexity index is 906. The van der Waals surface area contributed by atoms with Gasteiger partial charge in [-0.05, 0) is 30.4 Å². The van der Waals surface area contributed by atoms with Gasteiger partial charge >= 0.3 is 0 Å². The van der Waals surface area contributed by atoms with E-state index in [4.69, 9.17) is 4.52 Å². The molecule has 1 aromatic heterocycles. The molecular formula is C22H22N2O3. The number of aliphatic hydroxyl groups excluding tert-OH is 1. The molecule has 2 N–H and O–H groups in total. The van der Waals surface area contributed by atoms with Crippen molar-refractivity contribution in [3.63, 3.8) is 0 Å². The maximum atomic E-state index is 13.0. The van der Waals surface area contributed by atoms with Crippen molar-refractivity contribution in [1.82, 2.24) is 10.5 Å². The second kappa shape index (κ2) is 7.76. The van der Waals surface area contributed by atoms with E-state index in [0.717, 1.165) is 48.1 Å². The summed E-state index contributed by atoms with van der Waals surface area (Å²) in [5, 5.41) is 17.9. The number of nitrogens with zero attached hydrogens (tertiary/aromatic N) is 1. The van der Waals surface area contributed by atoms with Crippen molar-refractivity contribution in [2.24, 2.45) is 0 Å². The maximum Gasteiger partial charge on any atom is 0.274 e. The van der Waals surface area contributed by atoms with Gasteiger partial charge in [0.1, 0.15) is 11.9 Å². The summed E-state index contributed by atoms with van der Waals surface area (Å²) in [6.07, 6.45) is 2.84. The SMILES string of the molecule is O=C(N[C@@H](c1ccccc1)[C@H](O)c1ccccc1)c1noc2c1CCCC2. The highest BCUT2D eigenvalue weighted by atomic mass is 16.5. The number of fused-ring (bicyclic) bond motifs is 1. The van der Waals surface area contributed by atoms with Crippen LogP contribution in [0.25, 0.3) is 0 Å². The minimum Gasteiger partial charge on any atom is -0.386 e. The molecule has 1 amide bonds. The molecule has 0 unspecified atom stereocenters. The zero-order valence-electron chi connectivity index (χ0n) is 15.0. The van der Waals surface area contributed by atoms with Crippen LogP contribution in [-0.4, -0.2) is 16.2 Å². The first-order chi connectivity index (χ1) is 13.2. The van der Waals surface area contributed by atoms with E-state index in [1.54, 1.807) is 0 Å². The van der Waals surface area contributed by atoms with Crippen LogP contribution < -0.4 is 5.32 Å². The van der Waals surface area contributed by atoms with Gasteiger partial charge in [0.2, 0.25) is 0 Å². The predicted octanol–water partition coefficient (Wildman–Crippen LogP) is 3.76. The van der Waals surface area contributed by atoms with Crippen molar-refractivity contribution in [2.75, 3.05) is 0 Å². The van der Waals surface area contributed by atoms with Crippen LogP contribution in [0.1, 0.15) is 57.9 Å². The number of hydrogen-bond acceptors (Lipinski definition) is 4. The van der Waals surface area contributed by atoms with Gasteiger partial charge in [0.15, 0.2) is 5.69 Å². The first-order valence-electron chi connectivity index (χ1n) is 9.30. The summed E-state index contributed by atoms with van der Waals surface area (Å²) in [6, 6.07) is 18.2. The zero-order valence-corrected chi connectivity index (χ0v) is 15.0. The van der Waals surface area contributed by atoms with Crippen LogP contribution >= 0.6 is 0 Å². The number of aromatic nitrogens is 1. The molecule has 138 valence electrons. The normalized spacial score (nSPS) is 15.6. The Labute approximate surface area is 158 Å². The minimum absolute atomic E-state index is 0.314. The van der Waals surface area contributed by atoms with E-state index in [9.17, 15) is 9.90 Å². The van der Waals surface area contributed by atoms with E-state index in [0.29, 0.717) is 5.69 Å². The average Bonchev–Trinajstić information content (AvgIpc) is 3.17. The molecule has 1 aliphatic carbocycles. The smallest absolute Gasteiger partial charge is 0.274 e. The number of carbonyl (C=O) groups excluding carboxylic acids is 1. The molecule has 0 radical (unpaired) electrons. The van der Waals surface area contributed by atoms with Crippen molar-refractivity contribution >= 4 is 5.91 Å². The molecule has 4 rings (SSSR count). The second-order valence-corrected chi connectivity index (χ2v) is 6.86. The van der Waals surface area contributed by atoms with Crippen molar-refractivity contribution in [3.05, 3.63) is 88.8 Å². The molecule has 0 saturated heterocycles. The summed E-state index contributed by atoms with van der Waals surface area (Å²) in [6.45, 7) is 0. The summed E-state index contributed by atoms with van der Waals surface area (Å²) in [5.74, 6) is 0.497. The Kier molecular flexibility index (Phi) is 5.03. The monoisotopic (exact) mass is 362 g/mol. The summed E-state index contributed by atoms with van der Waals surface area (Å²) in [5.41, 5.74) is 2.82. The Balaban J connectivity index is 1.63. The van der Waals surface area contributed by atoms with Crippen LogP contribution in [0, 0.1) is 0 Å². The summed E-state index contributed by atoms with van der Waals surface area (Å²) in [7, 11) is 0. The van der Waals surface area contributed by atoms with Crippen LogP contribution in [0.4, 0.5) is 0 Å². The van der Waals surface area contributed by atoms with Gasteiger partial charge in [0.05, 0.1) is 6.04 Å². The van der Waals surface area contributed by atoms with Gasteiger partial charge in [0.25, 0.3) is 5.91 Å². The third kappa shape index (κ3) is 3.64. The molecular weight excluding hydrogens is 340 g/mol. The highest BCUT2D eigenvalue weighted by molar-refractivity contribution is 5.94. The second-order valence-electron chi connectivity index (χ2n) is 6.86. The first-order valence-corrected chi connectivity index (χ1v) is 9.30. The molecule has 27 heavy (non-hydrogen) atoms. The Morgan fingerprint density at radius 1 is 0.963 bits per heavy atom. The van der Waals surface area contributed by atoms with Crippen LogP contribution in [0.3, 0.4) is 0 Å². The summed E-state index contributed by atoms with van der Waals surface area (Å²) >= 11 is 0. The molecule has 1 heterocycles. The number of nitrogens with one attached hydrogen (secondary N) is 1. The fourth-order valence-electron chi connectivity index (χ4n) is 3.62. The van der Waals surface area contributed by atoms with Crippen LogP contribution in [-0.2, 0) is 12.8 Å². The predicted molar refractivity (Wildman–Crippen MR) is 101 cm³/mol. The molecule has 0 aliphatic heterocycles. The van der Waals surface area contributed by atoms with Crippen LogP contribution in [0.2, 0.25) is 0 Å². The third-order valence-corrected chi connectivity index (χ3v) is 5.07. The average molecular weight is 362 g/mol. The number of aliphatic hydroxyl groups is 1. The van der Waals surface area contributed by atoms with E-state index in [-0.39, 0.29) is 5.91 Å². The highest BCUT2D eigenvalue weighted by Crippen LogP contribution is 2.30. The van der Waals surface area contributed by atoms with Gasteiger partial charge in [-0.25, -0.2) is 0 Å². The fourth-order valence-corrected chi connectivity index (χ4v) is 3.62. The molecule has 5 nitrogen and oxygen atoms in total. The number of aryl methyl sites for hydroxylation is 1. The summed E-state index contributed by atoms with van der Waals surface area (Å²) in [4.78, 5) is 13.0. The van der Waals surface area contributed by atoms with Crippen molar-refractivity contribution in [1.29, 1.82) is 0 Å². The Morgan fingerprint density at radius 3 is 2.30 bits per heavy atom. The third-order valence-electron chi connectivity index (χ3n) is 5.07. The van der Waals surface area contributed by atoms with Crippen molar-refractivity contribution < 1.29 is 14.4 Å². The highest BCUT2D eigenvalue weighted by Gasteiger charge is 2.29. The molecule has 0 saturated carbocycles. The molecule has 2 atom stereocenters. The molecule has 2 aromatic carbocycles. The van der Waals surface area contributed by atoms with Gasteiger partial charge in [0, 0.05) is 12.0 Å². The molecule has 1 aliphatic rings. The lowest BCUT2D eigenvalue weighted by Gasteiger charge is -2.25. The fraction of sp³-hybridized carbons (Fsp3) is 0.273. The van der Waals surface area contributed by atoms with E-state index in [1.807, 2.05) is 60.7 Å². The molecule has 0 spiro atoms. The van der Waals surface area contributed by atoms with Gasteiger partial charge < -0.3 is 14.9 Å². The topological polar surface area (TPSA) is 75.4 Å². The molecule has 0 fully saturated rings. The molecule has 3 aromatic rings. The van der Waals surface area contributed by atoms with E-state index in [2.05, 4.69) is 10.5 Å². The lowest BCUT2D eigenvalue weighted by atomic mass is 9.94. The first kappa shape index (κ1) is 17.5. The number of amides is 1. The quantitative estimate of drug-likeness (QED) is 0.725.